The highest BCUT2D eigenvalue weighted by atomic mass is 16.5. The zero-order valence-corrected chi connectivity index (χ0v) is 7.01. The SMILES string of the molecule is O=C1COC(CNC2CC2)CN1. The molecule has 2 aliphatic rings. The van der Waals surface area contributed by atoms with Crippen molar-refractivity contribution in [2.24, 2.45) is 0 Å². The van der Waals surface area contributed by atoms with Gasteiger partial charge in [-0.1, -0.05) is 0 Å². The molecule has 0 aromatic heterocycles. The van der Waals surface area contributed by atoms with E-state index in [1.165, 1.54) is 12.8 Å². The van der Waals surface area contributed by atoms with Crippen molar-refractivity contribution in [3.05, 3.63) is 0 Å². The maximum absolute atomic E-state index is 10.7. The number of morpholine rings is 1. The van der Waals surface area contributed by atoms with Gasteiger partial charge < -0.3 is 15.4 Å². The van der Waals surface area contributed by atoms with E-state index in [0.29, 0.717) is 12.6 Å². The lowest BCUT2D eigenvalue weighted by Crippen LogP contribution is -2.47. The Morgan fingerprint density at radius 2 is 2.42 bits per heavy atom. The Hall–Kier alpha value is -0.610. The molecule has 2 N–H and O–H groups in total. The third kappa shape index (κ3) is 2.19. The zero-order valence-electron chi connectivity index (χ0n) is 7.01. The molecular formula is C8H14N2O2. The van der Waals surface area contributed by atoms with Crippen LogP contribution in [0, 0.1) is 0 Å². The second-order valence-corrected chi connectivity index (χ2v) is 3.42. The summed E-state index contributed by atoms with van der Waals surface area (Å²) in [4.78, 5) is 10.7. The first-order valence-corrected chi connectivity index (χ1v) is 4.46. The Kier molecular flexibility index (Phi) is 2.28. The van der Waals surface area contributed by atoms with Gasteiger partial charge in [0.1, 0.15) is 6.61 Å². The molecule has 0 radical (unpaired) electrons. The van der Waals surface area contributed by atoms with Crippen molar-refractivity contribution in [2.45, 2.75) is 25.0 Å². The van der Waals surface area contributed by atoms with E-state index in [9.17, 15) is 4.79 Å². The van der Waals surface area contributed by atoms with E-state index < -0.39 is 0 Å². The Morgan fingerprint density at radius 1 is 1.58 bits per heavy atom. The first kappa shape index (κ1) is 8.01. The van der Waals surface area contributed by atoms with Crippen LogP contribution >= 0.6 is 0 Å². The van der Waals surface area contributed by atoms with Gasteiger partial charge in [0.2, 0.25) is 5.91 Å². The van der Waals surface area contributed by atoms with Gasteiger partial charge in [0.15, 0.2) is 0 Å². The number of hydrogen-bond acceptors (Lipinski definition) is 3. The van der Waals surface area contributed by atoms with E-state index in [2.05, 4.69) is 10.6 Å². The van der Waals surface area contributed by atoms with Gasteiger partial charge in [0.05, 0.1) is 6.10 Å². The second kappa shape index (κ2) is 3.41. The normalized spacial score (nSPS) is 30.0. The van der Waals surface area contributed by atoms with Crippen LogP contribution in [0.15, 0.2) is 0 Å². The summed E-state index contributed by atoms with van der Waals surface area (Å²) < 4.78 is 5.29. The average Bonchev–Trinajstić information content (AvgIpc) is 2.87. The van der Waals surface area contributed by atoms with E-state index in [0.717, 1.165) is 6.54 Å². The molecule has 0 bridgehead atoms. The predicted molar refractivity (Wildman–Crippen MR) is 43.8 cm³/mol. The first-order chi connectivity index (χ1) is 5.84. The van der Waals surface area contributed by atoms with Crippen molar-refractivity contribution in [3.63, 3.8) is 0 Å². The van der Waals surface area contributed by atoms with E-state index >= 15 is 0 Å². The monoisotopic (exact) mass is 170 g/mol. The summed E-state index contributed by atoms with van der Waals surface area (Å²) >= 11 is 0. The van der Waals surface area contributed by atoms with Gasteiger partial charge in [-0.15, -0.1) is 0 Å². The molecule has 12 heavy (non-hydrogen) atoms. The summed E-state index contributed by atoms with van der Waals surface area (Å²) in [6.07, 6.45) is 2.75. The van der Waals surface area contributed by atoms with Crippen molar-refractivity contribution in [1.29, 1.82) is 0 Å². The van der Waals surface area contributed by atoms with Crippen LogP contribution in [0.1, 0.15) is 12.8 Å². The van der Waals surface area contributed by atoms with E-state index in [1.54, 1.807) is 0 Å². The third-order valence-electron chi connectivity index (χ3n) is 2.19. The van der Waals surface area contributed by atoms with Crippen LogP contribution in [0.4, 0.5) is 0 Å². The summed E-state index contributed by atoms with van der Waals surface area (Å²) in [5.41, 5.74) is 0. The van der Waals surface area contributed by atoms with Crippen molar-refractivity contribution in [1.82, 2.24) is 10.6 Å². The van der Waals surface area contributed by atoms with E-state index in [-0.39, 0.29) is 18.6 Å². The van der Waals surface area contributed by atoms with Crippen LogP contribution < -0.4 is 10.6 Å². The smallest absolute Gasteiger partial charge is 0.246 e. The lowest BCUT2D eigenvalue weighted by molar-refractivity contribution is -0.132. The third-order valence-corrected chi connectivity index (χ3v) is 2.19. The number of amides is 1. The minimum atomic E-state index is -0.00216. The summed E-state index contributed by atoms with van der Waals surface area (Å²) in [5, 5.41) is 6.14. The van der Waals surface area contributed by atoms with Gasteiger partial charge >= 0.3 is 0 Å². The fraction of sp³-hybridized carbons (Fsp3) is 0.875. The van der Waals surface area contributed by atoms with Gasteiger partial charge in [-0.3, -0.25) is 4.79 Å². The molecule has 1 saturated carbocycles. The Bertz CT molecular complexity index is 170. The second-order valence-electron chi connectivity index (χ2n) is 3.42. The molecule has 1 saturated heterocycles. The Labute approximate surface area is 71.7 Å². The highest BCUT2D eigenvalue weighted by Gasteiger charge is 2.24. The molecule has 0 spiro atoms. The minimum absolute atomic E-state index is 0.00216. The largest absolute Gasteiger partial charge is 0.365 e. The molecule has 1 unspecified atom stereocenters. The molecule has 1 aliphatic carbocycles. The molecule has 1 amide bonds. The maximum Gasteiger partial charge on any atom is 0.246 e. The van der Waals surface area contributed by atoms with Crippen LogP contribution in [0.2, 0.25) is 0 Å². The minimum Gasteiger partial charge on any atom is -0.365 e. The number of hydrogen-bond donors (Lipinski definition) is 2. The quantitative estimate of drug-likeness (QED) is 0.586. The van der Waals surface area contributed by atoms with Crippen molar-refractivity contribution in [2.75, 3.05) is 19.7 Å². The first-order valence-electron chi connectivity index (χ1n) is 4.46. The van der Waals surface area contributed by atoms with Crippen LogP contribution in [-0.4, -0.2) is 37.7 Å². The van der Waals surface area contributed by atoms with Crippen LogP contribution in [0.3, 0.4) is 0 Å². The molecule has 1 atom stereocenters. The summed E-state index contributed by atoms with van der Waals surface area (Å²) in [7, 11) is 0. The Morgan fingerprint density at radius 3 is 3.00 bits per heavy atom. The van der Waals surface area contributed by atoms with Gasteiger partial charge in [-0.05, 0) is 12.8 Å². The molecule has 0 aromatic carbocycles. The van der Waals surface area contributed by atoms with E-state index in [4.69, 9.17) is 4.74 Å². The highest BCUT2D eigenvalue weighted by molar-refractivity contribution is 5.77. The molecule has 2 fully saturated rings. The van der Waals surface area contributed by atoms with Gasteiger partial charge in [-0.25, -0.2) is 0 Å². The number of rotatable bonds is 3. The summed E-state index contributed by atoms with van der Waals surface area (Å²) in [5.74, 6) is -0.00216. The fourth-order valence-electron chi connectivity index (χ4n) is 1.25. The molecule has 4 nitrogen and oxygen atoms in total. The number of carbonyl (C=O) groups excluding carboxylic acids is 1. The maximum atomic E-state index is 10.7. The lowest BCUT2D eigenvalue weighted by atomic mass is 10.3. The molecule has 1 aliphatic heterocycles. The molecule has 4 heteroatoms. The van der Waals surface area contributed by atoms with Gasteiger partial charge in [0.25, 0.3) is 0 Å². The summed E-state index contributed by atoms with van der Waals surface area (Å²) in [6, 6.07) is 0.714. The molecule has 0 aromatic rings. The summed E-state index contributed by atoms with van der Waals surface area (Å²) in [6.45, 7) is 1.74. The van der Waals surface area contributed by atoms with Crippen molar-refractivity contribution < 1.29 is 9.53 Å². The predicted octanol–water partition coefficient (Wildman–Crippen LogP) is -0.747. The van der Waals surface area contributed by atoms with Crippen LogP contribution in [0.5, 0.6) is 0 Å². The van der Waals surface area contributed by atoms with E-state index in [1.807, 2.05) is 0 Å². The number of carbonyl (C=O) groups is 1. The fourth-order valence-corrected chi connectivity index (χ4v) is 1.25. The molecule has 68 valence electrons. The number of nitrogens with one attached hydrogen (secondary N) is 2. The average molecular weight is 170 g/mol. The number of ether oxygens (including phenoxy) is 1. The molecular weight excluding hydrogens is 156 g/mol. The standard InChI is InChI=1S/C8H14N2O2/c11-8-5-12-7(4-10-8)3-9-6-1-2-6/h6-7,9H,1-5H2,(H,10,11). The van der Waals surface area contributed by atoms with Crippen LogP contribution in [-0.2, 0) is 9.53 Å². The zero-order chi connectivity index (χ0) is 8.39. The highest BCUT2D eigenvalue weighted by Crippen LogP contribution is 2.18. The van der Waals surface area contributed by atoms with Gasteiger partial charge in [0, 0.05) is 19.1 Å². The van der Waals surface area contributed by atoms with Gasteiger partial charge in [-0.2, -0.15) is 0 Å². The molecule has 1 heterocycles. The Balaban J connectivity index is 1.63. The topological polar surface area (TPSA) is 50.4 Å². The van der Waals surface area contributed by atoms with Crippen LogP contribution in [0.25, 0.3) is 0 Å². The van der Waals surface area contributed by atoms with Crippen molar-refractivity contribution >= 4 is 5.91 Å². The lowest BCUT2D eigenvalue weighted by Gasteiger charge is -2.23. The van der Waals surface area contributed by atoms with Crippen molar-refractivity contribution in [3.8, 4) is 0 Å². The molecule has 2 rings (SSSR count).